The highest BCUT2D eigenvalue weighted by molar-refractivity contribution is 5.93. The van der Waals surface area contributed by atoms with E-state index in [0.29, 0.717) is 24.8 Å². The Morgan fingerprint density at radius 2 is 1.91 bits per heavy atom. The number of carbonyl (C=O) groups is 1. The average molecular weight is 430 g/mol. The third kappa shape index (κ3) is 4.61. The van der Waals surface area contributed by atoms with Crippen LogP contribution < -0.4 is 10.1 Å². The Labute approximate surface area is 187 Å². The van der Waals surface area contributed by atoms with Crippen LogP contribution in [0.25, 0.3) is 16.6 Å². The maximum atomic E-state index is 12.9. The van der Waals surface area contributed by atoms with Crippen LogP contribution in [0.1, 0.15) is 42.0 Å². The van der Waals surface area contributed by atoms with Gasteiger partial charge in [0.15, 0.2) is 5.69 Å². The van der Waals surface area contributed by atoms with E-state index in [1.807, 2.05) is 61.5 Å². The zero-order valence-electron chi connectivity index (χ0n) is 18.6. The molecule has 0 radical (unpaired) electrons. The van der Waals surface area contributed by atoms with Crippen LogP contribution in [0.2, 0.25) is 0 Å². The molecule has 4 rings (SSSR count). The fraction of sp³-hybridized carbons (Fsp3) is 0.280. The maximum absolute atomic E-state index is 12.9. The first-order valence-electron chi connectivity index (χ1n) is 10.8. The fourth-order valence-electron chi connectivity index (χ4n) is 3.48. The largest absolute Gasteiger partial charge is 0.493 e. The number of rotatable bonds is 8. The summed E-state index contributed by atoms with van der Waals surface area (Å²) in [7, 11) is 0. The normalized spacial score (nSPS) is 11.1. The molecule has 1 N–H and O–H groups in total. The van der Waals surface area contributed by atoms with Gasteiger partial charge in [0.2, 0.25) is 0 Å². The third-order valence-corrected chi connectivity index (χ3v) is 5.31. The molecule has 2 heterocycles. The Morgan fingerprint density at radius 3 is 2.75 bits per heavy atom. The molecule has 0 saturated heterocycles. The van der Waals surface area contributed by atoms with Crippen molar-refractivity contribution in [3.05, 3.63) is 77.7 Å². The summed E-state index contributed by atoms with van der Waals surface area (Å²) in [6.07, 6.45) is 2.72. The number of pyridine rings is 1. The van der Waals surface area contributed by atoms with Crippen molar-refractivity contribution in [2.45, 2.75) is 33.7 Å². The lowest BCUT2D eigenvalue weighted by Gasteiger charge is -2.13. The molecule has 2 aromatic heterocycles. The Kier molecular flexibility index (Phi) is 6.44. The van der Waals surface area contributed by atoms with Crippen LogP contribution in [0.3, 0.4) is 0 Å². The molecule has 7 nitrogen and oxygen atoms in total. The molecule has 0 atom stereocenters. The molecule has 0 spiro atoms. The van der Waals surface area contributed by atoms with Gasteiger partial charge in [-0.2, -0.15) is 0 Å². The van der Waals surface area contributed by atoms with Gasteiger partial charge in [0.1, 0.15) is 5.75 Å². The zero-order valence-corrected chi connectivity index (χ0v) is 18.6. The number of fused-ring (bicyclic) bond motifs is 1. The molecule has 164 valence electrons. The molecule has 4 aromatic rings. The van der Waals surface area contributed by atoms with Gasteiger partial charge in [-0.1, -0.05) is 55.5 Å². The Hall–Kier alpha value is -3.74. The Morgan fingerprint density at radius 1 is 1.09 bits per heavy atom. The number of para-hydroxylation sites is 2. The van der Waals surface area contributed by atoms with Crippen molar-refractivity contribution in [2.75, 3.05) is 6.61 Å². The lowest BCUT2D eigenvalue weighted by Crippen LogP contribution is -2.24. The van der Waals surface area contributed by atoms with E-state index in [0.717, 1.165) is 34.3 Å². The molecule has 0 bridgehead atoms. The second kappa shape index (κ2) is 9.60. The lowest BCUT2D eigenvalue weighted by molar-refractivity contribution is 0.0945. The summed E-state index contributed by atoms with van der Waals surface area (Å²) in [4.78, 5) is 17.3. The predicted molar refractivity (Wildman–Crippen MR) is 124 cm³/mol. The number of ether oxygens (including phenoxy) is 1. The summed E-state index contributed by atoms with van der Waals surface area (Å²) in [6, 6.07) is 17.5. The van der Waals surface area contributed by atoms with Crippen LogP contribution in [0.15, 0.2) is 60.8 Å². The van der Waals surface area contributed by atoms with Crippen molar-refractivity contribution in [2.24, 2.45) is 5.92 Å². The number of aromatic nitrogens is 4. The number of nitrogens with zero attached hydrogens (tertiary/aromatic N) is 4. The molecule has 0 fully saturated rings. The maximum Gasteiger partial charge on any atom is 0.274 e. The molecule has 7 heteroatoms. The van der Waals surface area contributed by atoms with E-state index in [9.17, 15) is 4.79 Å². The summed E-state index contributed by atoms with van der Waals surface area (Å²) in [5, 5.41) is 12.3. The first kappa shape index (κ1) is 21.5. The van der Waals surface area contributed by atoms with Gasteiger partial charge < -0.3 is 10.1 Å². The average Bonchev–Trinajstić information content (AvgIpc) is 3.18. The van der Waals surface area contributed by atoms with Crippen LogP contribution in [0.5, 0.6) is 5.75 Å². The number of nitrogens with one attached hydrogen (secondary N) is 1. The van der Waals surface area contributed by atoms with Crippen molar-refractivity contribution in [1.82, 2.24) is 25.3 Å². The molecular weight excluding hydrogens is 402 g/mol. The van der Waals surface area contributed by atoms with E-state index >= 15 is 0 Å². The molecule has 0 unspecified atom stereocenters. The van der Waals surface area contributed by atoms with Gasteiger partial charge in [0.05, 0.1) is 23.5 Å². The van der Waals surface area contributed by atoms with Gasteiger partial charge in [-0.05, 0) is 37.5 Å². The topological polar surface area (TPSA) is 81.9 Å². The van der Waals surface area contributed by atoms with Crippen LogP contribution in [-0.2, 0) is 6.54 Å². The minimum atomic E-state index is -0.279. The Bertz CT molecular complexity index is 1230. The Balaban J connectivity index is 1.50. The van der Waals surface area contributed by atoms with E-state index in [1.54, 1.807) is 10.9 Å². The van der Waals surface area contributed by atoms with Gasteiger partial charge in [-0.3, -0.25) is 9.78 Å². The smallest absolute Gasteiger partial charge is 0.274 e. The van der Waals surface area contributed by atoms with Crippen LogP contribution in [0.4, 0.5) is 0 Å². The standard InChI is InChI=1S/C25H27N5O2/c1-17(2)13-15-32-22-12-5-4-8-20(22)16-27-25(31)23-18(3)30(29-28-23)21-11-6-9-19-10-7-14-26-24(19)21/h4-12,14,17H,13,15-16H2,1-3H3,(H,27,31). The second-order valence-electron chi connectivity index (χ2n) is 8.11. The summed E-state index contributed by atoms with van der Waals surface area (Å²) >= 11 is 0. The monoisotopic (exact) mass is 429 g/mol. The quantitative estimate of drug-likeness (QED) is 0.447. The fourth-order valence-corrected chi connectivity index (χ4v) is 3.48. The van der Waals surface area contributed by atoms with E-state index in [2.05, 4.69) is 34.5 Å². The van der Waals surface area contributed by atoms with Crippen molar-refractivity contribution in [1.29, 1.82) is 0 Å². The van der Waals surface area contributed by atoms with Gasteiger partial charge >= 0.3 is 0 Å². The SMILES string of the molecule is Cc1c(C(=O)NCc2ccccc2OCCC(C)C)nnn1-c1cccc2cccnc12. The van der Waals surface area contributed by atoms with Crippen molar-refractivity contribution < 1.29 is 9.53 Å². The van der Waals surface area contributed by atoms with Gasteiger partial charge in [-0.15, -0.1) is 5.10 Å². The second-order valence-corrected chi connectivity index (χ2v) is 8.11. The minimum Gasteiger partial charge on any atom is -0.493 e. The van der Waals surface area contributed by atoms with Gasteiger partial charge in [0, 0.05) is 23.7 Å². The van der Waals surface area contributed by atoms with Crippen molar-refractivity contribution in [3.63, 3.8) is 0 Å². The van der Waals surface area contributed by atoms with Crippen LogP contribution in [0, 0.1) is 12.8 Å². The summed E-state index contributed by atoms with van der Waals surface area (Å²) in [6.45, 7) is 7.16. The van der Waals surface area contributed by atoms with E-state index in [1.165, 1.54) is 0 Å². The number of hydrogen-bond donors (Lipinski definition) is 1. The van der Waals surface area contributed by atoms with Crippen molar-refractivity contribution in [3.8, 4) is 11.4 Å². The molecule has 2 aromatic carbocycles. The van der Waals surface area contributed by atoms with E-state index in [4.69, 9.17) is 4.74 Å². The van der Waals surface area contributed by atoms with Gasteiger partial charge in [0.25, 0.3) is 5.91 Å². The van der Waals surface area contributed by atoms with Gasteiger partial charge in [-0.25, -0.2) is 4.68 Å². The molecule has 1 amide bonds. The van der Waals surface area contributed by atoms with E-state index < -0.39 is 0 Å². The third-order valence-electron chi connectivity index (χ3n) is 5.31. The predicted octanol–water partition coefficient (Wildman–Crippen LogP) is 4.48. The van der Waals surface area contributed by atoms with Crippen molar-refractivity contribution >= 4 is 16.8 Å². The first-order valence-corrected chi connectivity index (χ1v) is 10.8. The molecule has 0 aliphatic rings. The van der Waals surface area contributed by atoms with Crippen LogP contribution in [-0.4, -0.2) is 32.5 Å². The lowest BCUT2D eigenvalue weighted by atomic mass is 10.1. The number of carbonyl (C=O) groups excluding carboxylic acids is 1. The molecular formula is C25H27N5O2. The molecule has 0 aliphatic carbocycles. The number of amides is 1. The summed E-state index contributed by atoms with van der Waals surface area (Å²) in [5.74, 6) is 1.08. The highest BCUT2D eigenvalue weighted by Crippen LogP contribution is 2.22. The minimum absolute atomic E-state index is 0.279. The molecule has 0 aliphatic heterocycles. The zero-order chi connectivity index (χ0) is 22.5. The number of benzene rings is 2. The highest BCUT2D eigenvalue weighted by atomic mass is 16.5. The van der Waals surface area contributed by atoms with Crippen LogP contribution >= 0.6 is 0 Å². The highest BCUT2D eigenvalue weighted by Gasteiger charge is 2.19. The number of hydrogen-bond acceptors (Lipinski definition) is 5. The molecule has 0 saturated carbocycles. The molecule has 32 heavy (non-hydrogen) atoms. The first-order chi connectivity index (χ1) is 15.5. The summed E-state index contributed by atoms with van der Waals surface area (Å²) in [5.41, 5.74) is 3.46. The summed E-state index contributed by atoms with van der Waals surface area (Å²) < 4.78 is 7.58. The van der Waals surface area contributed by atoms with E-state index in [-0.39, 0.29) is 11.6 Å².